The number of para-hydroxylation sites is 2. The zero-order valence-electron chi connectivity index (χ0n) is 29.8. The van der Waals surface area contributed by atoms with Crippen LogP contribution in [-0.4, -0.2) is 4.40 Å². The van der Waals surface area contributed by atoms with Gasteiger partial charge in [0.1, 0.15) is 11.2 Å². The molecule has 0 bridgehead atoms. The van der Waals surface area contributed by atoms with Crippen molar-refractivity contribution in [2.45, 2.75) is 39.5 Å². The average Bonchev–Trinajstić information content (AvgIpc) is 3.81. The first-order valence-electron chi connectivity index (χ1n) is 18.5. The molecule has 0 fully saturated rings. The van der Waals surface area contributed by atoms with E-state index in [0.29, 0.717) is 11.8 Å². The molecule has 0 saturated heterocycles. The first kappa shape index (κ1) is 29.6. The molecule has 0 amide bonds. The lowest BCUT2D eigenvalue weighted by atomic mass is 9.94. The van der Waals surface area contributed by atoms with Crippen molar-refractivity contribution < 1.29 is 4.42 Å². The van der Waals surface area contributed by atoms with Crippen molar-refractivity contribution in [3.8, 4) is 22.3 Å². The van der Waals surface area contributed by atoms with Crippen LogP contribution in [0.1, 0.15) is 50.7 Å². The first-order valence-corrected chi connectivity index (χ1v) is 18.5. The minimum atomic E-state index is 0.483. The smallest absolute Gasteiger partial charge is 0.143 e. The van der Waals surface area contributed by atoms with E-state index in [1.54, 1.807) is 0 Å². The highest BCUT2D eigenvalue weighted by atomic mass is 16.3. The third kappa shape index (κ3) is 4.18. The van der Waals surface area contributed by atoms with Crippen LogP contribution in [0, 0.1) is 0 Å². The predicted octanol–water partition coefficient (Wildman–Crippen LogP) is 14.6. The van der Waals surface area contributed by atoms with E-state index in [4.69, 9.17) is 4.42 Å². The molecule has 8 aromatic carbocycles. The van der Waals surface area contributed by atoms with Crippen LogP contribution in [0.3, 0.4) is 0 Å². The summed E-state index contributed by atoms with van der Waals surface area (Å²) in [6, 6.07) is 52.3. The normalized spacial score (nSPS) is 12.6. The van der Waals surface area contributed by atoms with Crippen molar-refractivity contribution in [1.29, 1.82) is 0 Å². The van der Waals surface area contributed by atoms with E-state index in [1.807, 2.05) is 6.07 Å². The summed E-state index contributed by atoms with van der Waals surface area (Å²) in [5.41, 5.74) is 13.2. The Morgan fingerprint density at radius 1 is 0.423 bits per heavy atom. The molecular weight excluding hydrogens is 631 g/mol. The Morgan fingerprint density at radius 2 is 1.00 bits per heavy atom. The van der Waals surface area contributed by atoms with Crippen LogP contribution in [0.4, 0.5) is 0 Å². The van der Waals surface area contributed by atoms with Crippen molar-refractivity contribution >= 4 is 81.6 Å². The van der Waals surface area contributed by atoms with E-state index in [0.717, 1.165) is 33.1 Å². The van der Waals surface area contributed by atoms with Crippen LogP contribution >= 0.6 is 0 Å². The van der Waals surface area contributed by atoms with Crippen molar-refractivity contribution in [1.82, 2.24) is 4.40 Å². The van der Waals surface area contributed by atoms with Crippen LogP contribution in [-0.2, 0) is 0 Å². The summed E-state index contributed by atoms with van der Waals surface area (Å²) in [4.78, 5) is 0. The molecule has 0 aliphatic rings. The van der Waals surface area contributed by atoms with E-state index >= 15 is 0 Å². The molecule has 0 aliphatic heterocycles. The molecular formula is C50H37NO. The Labute approximate surface area is 301 Å². The Kier molecular flexibility index (Phi) is 6.09. The second-order valence-corrected chi connectivity index (χ2v) is 15.4. The number of hydrogen-bond acceptors (Lipinski definition) is 1. The van der Waals surface area contributed by atoms with Gasteiger partial charge < -0.3 is 8.82 Å². The number of furan rings is 1. The predicted molar refractivity (Wildman–Crippen MR) is 222 cm³/mol. The van der Waals surface area contributed by atoms with E-state index in [9.17, 15) is 0 Å². The van der Waals surface area contributed by atoms with Gasteiger partial charge in [-0.05, 0) is 104 Å². The zero-order valence-corrected chi connectivity index (χ0v) is 29.8. The minimum Gasteiger partial charge on any atom is -0.455 e. The Hall–Kier alpha value is -6.12. The van der Waals surface area contributed by atoms with Crippen LogP contribution in [0.15, 0.2) is 144 Å². The minimum absolute atomic E-state index is 0.483. The molecule has 0 radical (unpaired) electrons. The highest BCUT2D eigenvalue weighted by Gasteiger charge is 2.21. The lowest BCUT2D eigenvalue weighted by Crippen LogP contribution is -1.88. The van der Waals surface area contributed by atoms with Gasteiger partial charge in [-0.1, -0.05) is 125 Å². The second kappa shape index (κ2) is 10.7. The van der Waals surface area contributed by atoms with Gasteiger partial charge in [-0.2, -0.15) is 0 Å². The summed E-state index contributed by atoms with van der Waals surface area (Å²) in [6.07, 6.45) is 0. The van der Waals surface area contributed by atoms with E-state index in [1.165, 1.54) is 81.9 Å². The summed E-state index contributed by atoms with van der Waals surface area (Å²) in [6.45, 7) is 9.10. The topological polar surface area (TPSA) is 17.6 Å². The fraction of sp³-hybridized carbons (Fsp3) is 0.120. The zero-order chi connectivity index (χ0) is 34.8. The van der Waals surface area contributed by atoms with Crippen LogP contribution in [0.2, 0.25) is 0 Å². The molecule has 0 atom stereocenters. The molecule has 0 aliphatic carbocycles. The first-order chi connectivity index (χ1) is 25.4. The quantitative estimate of drug-likeness (QED) is 0.183. The number of nitrogens with zero attached hydrogens (tertiary/aromatic N) is 1. The standard InChI is InChI=1S/C50H37NO/c1-28(2)32-16-18-34-26-46-42(22-36(34)20-32)44-24-38(25-45-43-23-37-21-33(29(3)4)17-19-35(37)27-47(43)51(46)49(44)45)30-12-14-31(15-13-30)39-9-7-10-41-40-8-5-6-11-48(40)52-50(39)41/h5-29H,1-4H3. The molecule has 0 spiro atoms. The molecule has 2 nitrogen and oxygen atoms in total. The summed E-state index contributed by atoms with van der Waals surface area (Å²) >= 11 is 0. The van der Waals surface area contributed by atoms with Gasteiger partial charge >= 0.3 is 0 Å². The molecule has 2 heteroatoms. The fourth-order valence-electron chi connectivity index (χ4n) is 8.77. The van der Waals surface area contributed by atoms with Crippen LogP contribution in [0.25, 0.3) is 104 Å². The van der Waals surface area contributed by atoms with Gasteiger partial charge in [0.05, 0.1) is 16.6 Å². The molecule has 11 rings (SSSR count). The molecule has 3 heterocycles. The molecule has 0 unspecified atom stereocenters. The molecule has 248 valence electrons. The highest BCUT2D eigenvalue weighted by molar-refractivity contribution is 6.27. The second-order valence-electron chi connectivity index (χ2n) is 15.4. The largest absolute Gasteiger partial charge is 0.455 e. The van der Waals surface area contributed by atoms with E-state index < -0.39 is 0 Å². The van der Waals surface area contributed by atoms with Crippen molar-refractivity contribution in [2.24, 2.45) is 0 Å². The van der Waals surface area contributed by atoms with Crippen molar-refractivity contribution in [2.75, 3.05) is 0 Å². The van der Waals surface area contributed by atoms with Crippen molar-refractivity contribution in [3.63, 3.8) is 0 Å². The molecule has 3 aromatic heterocycles. The van der Waals surface area contributed by atoms with Crippen molar-refractivity contribution in [3.05, 3.63) is 151 Å². The molecule has 52 heavy (non-hydrogen) atoms. The number of rotatable bonds is 4. The van der Waals surface area contributed by atoms with E-state index in [2.05, 4.69) is 166 Å². The third-order valence-corrected chi connectivity index (χ3v) is 11.6. The van der Waals surface area contributed by atoms with E-state index in [-0.39, 0.29) is 0 Å². The van der Waals surface area contributed by atoms with Gasteiger partial charge in [-0.25, -0.2) is 0 Å². The summed E-state index contributed by atoms with van der Waals surface area (Å²) in [5.74, 6) is 0.966. The number of benzene rings is 8. The van der Waals surface area contributed by atoms with Gasteiger partial charge in [0, 0.05) is 37.9 Å². The van der Waals surface area contributed by atoms with Crippen LogP contribution in [0.5, 0.6) is 0 Å². The van der Waals surface area contributed by atoms with Gasteiger partial charge in [0.25, 0.3) is 0 Å². The number of fused-ring (bicyclic) bond motifs is 11. The highest BCUT2D eigenvalue weighted by Crippen LogP contribution is 2.45. The lowest BCUT2D eigenvalue weighted by molar-refractivity contribution is 0.670. The monoisotopic (exact) mass is 667 g/mol. The fourth-order valence-corrected chi connectivity index (χ4v) is 8.77. The summed E-state index contributed by atoms with van der Waals surface area (Å²) in [7, 11) is 0. The maximum Gasteiger partial charge on any atom is 0.143 e. The Bertz CT molecular complexity index is 3090. The molecule has 0 N–H and O–H groups in total. The SMILES string of the molecule is CC(C)c1ccc2cc3c(cc2c1)c1cc(-c2ccc(-c4cccc5c4oc4ccccc45)cc2)cc2c4cc5cc(C(C)C)ccc5cc4n3c12. The van der Waals surface area contributed by atoms with Gasteiger partial charge in [0.2, 0.25) is 0 Å². The molecule has 0 saturated carbocycles. The van der Waals surface area contributed by atoms with Crippen LogP contribution < -0.4 is 0 Å². The number of aromatic nitrogens is 1. The van der Waals surface area contributed by atoms with Gasteiger partial charge in [0.15, 0.2) is 0 Å². The number of hydrogen-bond donors (Lipinski definition) is 0. The third-order valence-electron chi connectivity index (χ3n) is 11.6. The summed E-state index contributed by atoms with van der Waals surface area (Å²) < 4.78 is 8.93. The average molecular weight is 668 g/mol. The lowest BCUT2D eigenvalue weighted by Gasteiger charge is -2.09. The molecule has 11 aromatic rings. The maximum atomic E-state index is 6.40. The Morgan fingerprint density at radius 3 is 1.62 bits per heavy atom. The van der Waals surface area contributed by atoms with Gasteiger partial charge in [-0.15, -0.1) is 0 Å². The summed E-state index contributed by atoms with van der Waals surface area (Å²) in [5, 5.41) is 12.7. The Balaban J connectivity index is 1.16. The maximum absolute atomic E-state index is 6.40. The van der Waals surface area contributed by atoms with Gasteiger partial charge in [-0.3, -0.25) is 0 Å².